The van der Waals surface area contributed by atoms with E-state index in [0.717, 1.165) is 15.8 Å². The van der Waals surface area contributed by atoms with Crippen LogP contribution in [0.4, 0.5) is 0 Å². The number of rotatable bonds is 6. The maximum Gasteiger partial charge on any atom is 0.282 e. The van der Waals surface area contributed by atoms with Gasteiger partial charge in [0.25, 0.3) is 5.56 Å². The average molecular weight is 430 g/mol. The third kappa shape index (κ3) is 3.73. The maximum atomic E-state index is 12.8. The van der Waals surface area contributed by atoms with E-state index in [-0.39, 0.29) is 5.56 Å². The topological polar surface area (TPSA) is 70.1 Å². The molecule has 0 fully saturated rings. The Morgan fingerprint density at radius 3 is 2.68 bits per heavy atom. The molecular weight excluding hydrogens is 414 g/mol. The molecule has 0 aliphatic carbocycles. The zero-order chi connectivity index (χ0) is 19.5. The molecule has 2 aromatic heterocycles. The molecule has 0 spiro atoms. The molecule has 0 amide bonds. The zero-order valence-corrected chi connectivity index (χ0v) is 17.1. The molecule has 2 aromatic carbocycles. The van der Waals surface area contributed by atoms with E-state index < -0.39 is 0 Å². The lowest BCUT2D eigenvalue weighted by molar-refractivity contribution is 0.344. The van der Waals surface area contributed by atoms with Crippen molar-refractivity contribution in [2.45, 2.75) is 5.16 Å². The molecule has 2 heterocycles. The minimum Gasteiger partial charge on any atom is -0.491 e. The van der Waals surface area contributed by atoms with Gasteiger partial charge in [0.15, 0.2) is 5.16 Å². The summed E-state index contributed by atoms with van der Waals surface area (Å²) in [5.74, 6) is 7.25. The van der Waals surface area contributed by atoms with Gasteiger partial charge >= 0.3 is 0 Å². The number of para-hydroxylation sites is 1. The normalized spacial score (nSPS) is 11.0. The summed E-state index contributed by atoms with van der Waals surface area (Å²) in [5.41, 5.74) is 1.58. The highest BCUT2D eigenvalue weighted by Gasteiger charge is 2.16. The number of nitrogens with zero attached hydrogens (tertiary/aromatic N) is 2. The smallest absolute Gasteiger partial charge is 0.282 e. The molecule has 0 unspecified atom stereocenters. The summed E-state index contributed by atoms with van der Waals surface area (Å²) in [5, 5.41) is 3.52. The molecule has 0 aliphatic rings. The van der Waals surface area contributed by atoms with Crippen LogP contribution in [0.2, 0.25) is 5.02 Å². The fourth-order valence-corrected chi connectivity index (χ4v) is 4.68. The van der Waals surface area contributed by atoms with Crippen molar-refractivity contribution < 1.29 is 4.74 Å². The summed E-state index contributed by atoms with van der Waals surface area (Å²) in [4.78, 5) is 18.1. The van der Waals surface area contributed by atoms with E-state index in [1.54, 1.807) is 6.07 Å². The molecule has 2 N–H and O–H groups in total. The Balaban J connectivity index is 1.53. The van der Waals surface area contributed by atoms with Crippen LogP contribution < -0.4 is 16.1 Å². The molecule has 4 aromatic rings. The van der Waals surface area contributed by atoms with Crippen LogP contribution in [-0.4, -0.2) is 22.0 Å². The fourth-order valence-electron chi connectivity index (χ4n) is 2.76. The third-order valence-corrected chi connectivity index (χ3v) is 6.20. The number of hydrogen-bond donors (Lipinski definition) is 1. The molecule has 5 nitrogen and oxygen atoms in total. The van der Waals surface area contributed by atoms with E-state index in [9.17, 15) is 4.79 Å². The molecule has 0 saturated carbocycles. The van der Waals surface area contributed by atoms with Gasteiger partial charge in [-0.1, -0.05) is 65.8 Å². The minimum absolute atomic E-state index is 0.250. The second-order valence-corrected chi connectivity index (χ2v) is 8.22. The summed E-state index contributed by atoms with van der Waals surface area (Å²) in [6, 6.07) is 17.1. The first-order valence-electron chi connectivity index (χ1n) is 8.50. The first kappa shape index (κ1) is 18.9. The number of nitrogens with two attached hydrogens (primary N) is 1. The van der Waals surface area contributed by atoms with E-state index in [4.69, 9.17) is 22.2 Å². The molecule has 8 heteroatoms. The lowest BCUT2D eigenvalue weighted by Crippen LogP contribution is -2.29. The molecular formula is C20H16ClN3O2S2. The van der Waals surface area contributed by atoms with Crippen LogP contribution >= 0.6 is 34.7 Å². The van der Waals surface area contributed by atoms with Gasteiger partial charge in [-0.25, -0.2) is 9.66 Å². The van der Waals surface area contributed by atoms with Gasteiger partial charge in [-0.05, 0) is 17.7 Å². The third-order valence-electron chi connectivity index (χ3n) is 4.10. The van der Waals surface area contributed by atoms with Crippen molar-refractivity contribution in [1.29, 1.82) is 0 Å². The van der Waals surface area contributed by atoms with Crippen molar-refractivity contribution in [2.24, 2.45) is 0 Å². The van der Waals surface area contributed by atoms with E-state index >= 15 is 0 Å². The quantitative estimate of drug-likeness (QED) is 0.209. The number of benzene rings is 2. The SMILES string of the molecule is Nn1c(SCCOc2ccccc2Cl)nc2scc(-c3ccccc3)c2c1=O. The Morgan fingerprint density at radius 1 is 1.14 bits per heavy atom. The van der Waals surface area contributed by atoms with Crippen LogP contribution in [0.1, 0.15) is 0 Å². The second kappa shape index (κ2) is 8.26. The van der Waals surface area contributed by atoms with Crippen LogP contribution in [0.25, 0.3) is 21.3 Å². The predicted molar refractivity (Wildman–Crippen MR) is 117 cm³/mol. The molecule has 0 bridgehead atoms. The Kier molecular flexibility index (Phi) is 5.57. The van der Waals surface area contributed by atoms with Crippen molar-refractivity contribution >= 4 is 44.9 Å². The predicted octanol–water partition coefficient (Wildman–Crippen LogP) is 4.66. The van der Waals surface area contributed by atoms with Crippen molar-refractivity contribution in [3.8, 4) is 16.9 Å². The Bertz CT molecular complexity index is 1180. The average Bonchev–Trinajstić information content (AvgIpc) is 3.14. The highest BCUT2D eigenvalue weighted by molar-refractivity contribution is 7.99. The number of fused-ring (bicyclic) bond motifs is 1. The first-order chi connectivity index (χ1) is 13.6. The van der Waals surface area contributed by atoms with Gasteiger partial charge in [-0.2, -0.15) is 0 Å². The molecule has 0 atom stereocenters. The standard InChI is InChI=1S/C20H16ClN3O2S2/c21-15-8-4-5-9-16(15)26-10-11-27-20-23-18-17(19(25)24(20)22)14(12-28-18)13-6-2-1-3-7-13/h1-9,12H,10-11,22H2. The lowest BCUT2D eigenvalue weighted by Gasteiger charge is -2.09. The summed E-state index contributed by atoms with van der Waals surface area (Å²) < 4.78 is 6.78. The van der Waals surface area contributed by atoms with Gasteiger partial charge in [0.2, 0.25) is 0 Å². The van der Waals surface area contributed by atoms with Gasteiger partial charge in [0.05, 0.1) is 17.0 Å². The van der Waals surface area contributed by atoms with Crippen LogP contribution in [0, 0.1) is 0 Å². The molecule has 0 radical (unpaired) electrons. The number of nitrogen functional groups attached to an aromatic ring is 1. The van der Waals surface area contributed by atoms with Crippen LogP contribution in [0.3, 0.4) is 0 Å². The summed E-state index contributed by atoms with van der Waals surface area (Å²) in [6.07, 6.45) is 0. The molecule has 28 heavy (non-hydrogen) atoms. The number of hydrogen-bond acceptors (Lipinski definition) is 6. The van der Waals surface area contributed by atoms with Gasteiger partial charge in [-0.15, -0.1) is 11.3 Å². The van der Waals surface area contributed by atoms with E-state index in [1.807, 2.05) is 53.9 Å². The van der Waals surface area contributed by atoms with Crippen LogP contribution in [0.15, 0.2) is 69.9 Å². The van der Waals surface area contributed by atoms with Crippen molar-refractivity contribution in [1.82, 2.24) is 9.66 Å². The number of aromatic nitrogens is 2. The van der Waals surface area contributed by atoms with Crippen molar-refractivity contribution in [3.05, 3.63) is 75.4 Å². The van der Waals surface area contributed by atoms with Gasteiger partial charge in [-0.3, -0.25) is 4.79 Å². The summed E-state index contributed by atoms with van der Waals surface area (Å²) in [6.45, 7) is 0.419. The number of halogens is 1. The minimum atomic E-state index is -0.250. The second-order valence-electron chi connectivity index (χ2n) is 5.89. The monoisotopic (exact) mass is 429 g/mol. The lowest BCUT2D eigenvalue weighted by atomic mass is 10.1. The molecule has 142 valence electrons. The number of ether oxygens (including phenoxy) is 1. The highest BCUT2D eigenvalue weighted by Crippen LogP contribution is 2.31. The Labute approximate surface area is 174 Å². The van der Waals surface area contributed by atoms with Crippen molar-refractivity contribution in [3.63, 3.8) is 0 Å². The molecule has 4 rings (SSSR count). The van der Waals surface area contributed by atoms with Gasteiger partial charge < -0.3 is 10.6 Å². The van der Waals surface area contributed by atoms with E-state index in [0.29, 0.717) is 38.5 Å². The summed E-state index contributed by atoms with van der Waals surface area (Å²) >= 11 is 8.89. The molecule has 0 saturated heterocycles. The van der Waals surface area contributed by atoms with Gasteiger partial charge in [0.1, 0.15) is 10.6 Å². The van der Waals surface area contributed by atoms with E-state index in [2.05, 4.69) is 4.98 Å². The summed E-state index contributed by atoms with van der Waals surface area (Å²) in [7, 11) is 0. The van der Waals surface area contributed by atoms with Gasteiger partial charge in [0, 0.05) is 16.7 Å². The van der Waals surface area contributed by atoms with E-state index in [1.165, 1.54) is 23.1 Å². The number of thiophene rings is 1. The Hall–Kier alpha value is -2.48. The first-order valence-corrected chi connectivity index (χ1v) is 10.7. The van der Waals surface area contributed by atoms with Crippen LogP contribution in [0.5, 0.6) is 5.75 Å². The Morgan fingerprint density at radius 2 is 1.89 bits per heavy atom. The highest BCUT2D eigenvalue weighted by atomic mass is 35.5. The molecule has 0 aliphatic heterocycles. The van der Waals surface area contributed by atoms with Crippen molar-refractivity contribution in [2.75, 3.05) is 18.2 Å². The fraction of sp³-hybridized carbons (Fsp3) is 0.100. The largest absolute Gasteiger partial charge is 0.491 e. The number of thioether (sulfide) groups is 1. The maximum absolute atomic E-state index is 12.8. The zero-order valence-electron chi connectivity index (χ0n) is 14.7. The van der Waals surface area contributed by atoms with Crippen LogP contribution in [-0.2, 0) is 0 Å².